The summed E-state index contributed by atoms with van der Waals surface area (Å²) in [5.41, 5.74) is 10.1. The Hall–Kier alpha value is -4.33. The Bertz CT molecular complexity index is 1540. The molecule has 3 aromatic heterocycles. The second-order valence-corrected chi connectivity index (χ2v) is 10.8. The molecule has 1 amide bonds. The highest BCUT2D eigenvalue weighted by Gasteiger charge is 2.47. The average molecular weight is 521 g/mol. The smallest absolute Gasteiger partial charge is 0.246 e. The number of nitrogens with zero attached hydrogens (tertiary/aromatic N) is 5. The van der Waals surface area contributed by atoms with E-state index in [9.17, 15) is 9.59 Å². The van der Waals surface area contributed by atoms with Gasteiger partial charge < -0.3 is 10.6 Å². The molecule has 2 fully saturated rings. The first-order valence-corrected chi connectivity index (χ1v) is 13.6. The van der Waals surface area contributed by atoms with E-state index in [0.717, 1.165) is 42.9 Å². The van der Waals surface area contributed by atoms with Crippen LogP contribution in [-0.4, -0.2) is 42.5 Å². The second-order valence-electron chi connectivity index (χ2n) is 10.8. The first kappa shape index (κ1) is 25.0. The monoisotopic (exact) mass is 520 g/mol. The fourth-order valence-corrected chi connectivity index (χ4v) is 6.41. The molecule has 1 aromatic carbocycles. The topological polar surface area (TPSA) is 106 Å². The Labute approximate surface area is 227 Å². The fourth-order valence-electron chi connectivity index (χ4n) is 6.41. The zero-order chi connectivity index (χ0) is 27.0. The minimum Gasteiger partial charge on any atom is -0.382 e. The number of nitrogen functional groups attached to an aromatic ring is 1. The molecule has 198 valence electrons. The van der Waals surface area contributed by atoms with Gasteiger partial charge in [-0.05, 0) is 42.9 Å². The molecule has 1 saturated heterocycles. The summed E-state index contributed by atoms with van der Waals surface area (Å²) in [5, 5.41) is 0. The van der Waals surface area contributed by atoms with E-state index < -0.39 is 0 Å². The molecule has 1 atom stereocenters. The molecule has 8 heteroatoms. The van der Waals surface area contributed by atoms with E-state index in [1.807, 2.05) is 58.0 Å². The molecular weight excluding hydrogens is 488 g/mol. The number of carbonyl (C=O) groups is 2. The summed E-state index contributed by atoms with van der Waals surface area (Å²) in [6, 6.07) is 12.8. The predicted octanol–water partition coefficient (Wildman–Crippen LogP) is 5.21. The van der Waals surface area contributed by atoms with Crippen LogP contribution in [0.2, 0.25) is 0 Å². The number of aromatic nitrogens is 4. The van der Waals surface area contributed by atoms with Crippen LogP contribution < -0.4 is 5.73 Å². The number of Topliss-reactive ketones (excluding diaryl/α,β-unsaturated/α-hetero) is 1. The van der Waals surface area contributed by atoms with Crippen molar-refractivity contribution < 1.29 is 9.59 Å². The van der Waals surface area contributed by atoms with Crippen molar-refractivity contribution >= 4 is 23.0 Å². The molecule has 6 rings (SSSR count). The fraction of sp³-hybridized carbons (Fsp3) is 0.323. The van der Waals surface area contributed by atoms with Crippen LogP contribution in [0.3, 0.4) is 0 Å². The average Bonchev–Trinajstić information content (AvgIpc) is 3.53. The maximum Gasteiger partial charge on any atom is 0.246 e. The van der Waals surface area contributed by atoms with Gasteiger partial charge in [-0.25, -0.2) is 9.97 Å². The Morgan fingerprint density at radius 3 is 2.56 bits per heavy atom. The number of pyridine rings is 1. The standard InChI is InChI=1S/C31H32N6O2/c1-2-26(39)37-20-31(13-5-3-6-14-31)19-24(37)30-35-27(28-29(32)34-16-17-36(28)30)22-11-9-21(10-12-22)25(38)18-23-8-4-7-15-33-23/h2,4,7-12,15-17,24H,1,3,5-6,13-14,18-20H2,(H2,32,34). The minimum absolute atomic E-state index is 0.000803. The lowest BCUT2D eigenvalue weighted by atomic mass is 9.72. The highest BCUT2D eigenvalue weighted by Crippen LogP contribution is 2.51. The van der Waals surface area contributed by atoms with Crippen LogP contribution in [0.25, 0.3) is 16.8 Å². The number of carbonyl (C=O) groups excluding carboxylic acids is 2. The number of benzene rings is 1. The van der Waals surface area contributed by atoms with E-state index in [0.29, 0.717) is 22.6 Å². The zero-order valence-electron chi connectivity index (χ0n) is 21.9. The molecular formula is C31H32N6O2. The van der Waals surface area contributed by atoms with Crippen LogP contribution in [0.5, 0.6) is 0 Å². The van der Waals surface area contributed by atoms with Gasteiger partial charge in [0.2, 0.25) is 5.91 Å². The van der Waals surface area contributed by atoms with Crippen LogP contribution in [0.1, 0.15) is 66.4 Å². The molecule has 1 unspecified atom stereocenters. The number of ketones is 1. The summed E-state index contributed by atoms with van der Waals surface area (Å²) in [4.78, 5) is 41.5. The lowest BCUT2D eigenvalue weighted by molar-refractivity contribution is -0.127. The number of rotatable bonds is 6. The molecule has 1 aliphatic carbocycles. The summed E-state index contributed by atoms with van der Waals surface area (Å²) < 4.78 is 1.98. The molecule has 0 bridgehead atoms. The van der Waals surface area contributed by atoms with Crippen LogP contribution in [-0.2, 0) is 11.2 Å². The number of hydrogen-bond acceptors (Lipinski definition) is 6. The van der Waals surface area contributed by atoms with Crippen molar-refractivity contribution in [2.45, 2.75) is 51.0 Å². The molecule has 4 aromatic rings. The molecule has 2 aliphatic rings. The molecule has 8 nitrogen and oxygen atoms in total. The van der Waals surface area contributed by atoms with Crippen molar-refractivity contribution in [2.75, 3.05) is 12.3 Å². The molecule has 4 heterocycles. The van der Waals surface area contributed by atoms with Gasteiger partial charge in [-0.15, -0.1) is 0 Å². The zero-order valence-corrected chi connectivity index (χ0v) is 21.9. The van der Waals surface area contributed by atoms with E-state index in [-0.39, 0.29) is 29.6 Å². The van der Waals surface area contributed by atoms with E-state index in [2.05, 4.69) is 16.5 Å². The summed E-state index contributed by atoms with van der Waals surface area (Å²) in [7, 11) is 0. The SMILES string of the molecule is C=CC(=O)N1CC2(CCCCC2)CC1c1nc(-c2ccc(C(=O)Cc3ccccn3)cc2)c2c(N)nccn12. The van der Waals surface area contributed by atoms with Crippen LogP contribution >= 0.6 is 0 Å². The maximum atomic E-state index is 13.0. The molecule has 0 radical (unpaired) electrons. The first-order chi connectivity index (χ1) is 19.0. The van der Waals surface area contributed by atoms with Gasteiger partial charge in [-0.3, -0.25) is 19.0 Å². The molecule has 2 N–H and O–H groups in total. The second kappa shape index (κ2) is 10.1. The number of fused-ring (bicyclic) bond motifs is 1. The van der Waals surface area contributed by atoms with E-state index in [1.165, 1.54) is 25.3 Å². The highest BCUT2D eigenvalue weighted by atomic mass is 16.2. The van der Waals surface area contributed by atoms with Gasteiger partial charge in [0.1, 0.15) is 22.9 Å². The van der Waals surface area contributed by atoms with Gasteiger partial charge in [0.15, 0.2) is 5.78 Å². The number of likely N-dealkylation sites (tertiary alicyclic amines) is 1. The van der Waals surface area contributed by atoms with Crippen LogP contribution in [0.4, 0.5) is 5.82 Å². The normalized spacial score (nSPS) is 18.5. The number of hydrogen-bond donors (Lipinski definition) is 1. The van der Waals surface area contributed by atoms with E-state index in [1.54, 1.807) is 12.4 Å². The minimum atomic E-state index is -0.184. The van der Waals surface area contributed by atoms with Gasteiger partial charge >= 0.3 is 0 Å². The summed E-state index contributed by atoms with van der Waals surface area (Å²) in [5.74, 6) is 1.08. The predicted molar refractivity (Wildman–Crippen MR) is 150 cm³/mol. The van der Waals surface area contributed by atoms with Gasteiger partial charge in [0.05, 0.1) is 12.5 Å². The van der Waals surface area contributed by atoms with Gasteiger partial charge in [0, 0.05) is 42.0 Å². The Morgan fingerprint density at radius 2 is 1.85 bits per heavy atom. The largest absolute Gasteiger partial charge is 0.382 e. The maximum absolute atomic E-state index is 13.0. The molecule has 1 saturated carbocycles. The Morgan fingerprint density at radius 1 is 1.05 bits per heavy atom. The van der Waals surface area contributed by atoms with Crippen molar-refractivity contribution in [3.05, 3.63) is 90.8 Å². The highest BCUT2D eigenvalue weighted by molar-refractivity contribution is 5.98. The third-order valence-corrected chi connectivity index (χ3v) is 8.34. The van der Waals surface area contributed by atoms with Crippen molar-refractivity contribution in [2.24, 2.45) is 5.41 Å². The van der Waals surface area contributed by atoms with Gasteiger partial charge in [-0.2, -0.15) is 0 Å². The summed E-state index contributed by atoms with van der Waals surface area (Å²) in [6.45, 7) is 4.49. The lowest BCUT2D eigenvalue weighted by Gasteiger charge is -2.32. The number of amides is 1. The lowest BCUT2D eigenvalue weighted by Crippen LogP contribution is -2.33. The molecule has 1 aliphatic heterocycles. The summed E-state index contributed by atoms with van der Waals surface area (Å²) in [6.07, 6.45) is 13.6. The van der Waals surface area contributed by atoms with Crippen molar-refractivity contribution in [1.29, 1.82) is 0 Å². The van der Waals surface area contributed by atoms with Crippen molar-refractivity contribution in [1.82, 2.24) is 24.3 Å². The molecule has 1 spiro atoms. The Kier molecular flexibility index (Phi) is 6.46. The quantitative estimate of drug-likeness (QED) is 0.276. The number of anilines is 1. The van der Waals surface area contributed by atoms with Crippen molar-refractivity contribution in [3.63, 3.8) is 0 Å². The number of imidazole rings is 1. The van der Waals surface area contributed by atoms with Gasteiger partial charge in [0.25, 0.3) is 0 Å². The van der Waals surface area contributed by atoms with E-state index in [4.69, 9.17) is 10.7 Å². The molecule has 39 heavy (non-hydrogen) atoms. The van der Waals surface area contributed by atoms with Crippen molar-refractivity contribution in [3.8, 4) is 11.3 Å². The van der Waals surface area contributed by atoms with Crippen LogP contribution in [0, 0.1) is 5.41 Å². The third kappa shape index (κ3) is 4.60. The van der Waals surface area contributed by atoms with E-state index >= 15 is 0 Å². The third-order valence-electron chi connectivity index (χ3n) is 8.34. The first-order valence-electron chi connectivity index (χ1n) is 13.6. The summed E-state index contributed by atoms with van der Waals surface area (Å²) >= 11 is 0. The Balaban J connectivity index is 1.37. The van der Waals surface area contributed by atoms with Gasteiger partial charge in [-0.1, -0.05) is 56.2 Å². The van der Waals surface area contributed by atoms with Crippen LogP contribution in [0.15, 0.2) is 73.7 Å². The number of nitrogens with two attached hydrogens (primary N) is 1.